The number of para-hydroxylation sites is 1. The van der Waals surface area contributed by atoms with Gasteiger partial charge in [-0.25, -0.2) is 0 Å². The summed E-state index contributed by atoms with van der Waals surface area (Å²) in [4.78, 5) is 4.10. The number of aromatic hydroxyl groups is 1. The van der Waals surface area contributed by atoms with Gasteiger partial charge in [-0.05, 0) is 23.9 Å². The number of rotatable bonds is 4. The molecule has 0 radical (unpaired) electrons. The van der Waals surface area contributed by atoms with Gasteiger partial charge in [0, 0.05) is 6.07 Å². The van der Waals surface area contributed by atoms with Crippen LogP contribution in [0.1, 0.15) is 6.42 Å². The fraction of sp³-hybridized carbons (Fsp3) is 0.300. The van der Waals surface area contributed by atoms with Crippen molar-refractivity contribution in [3.63, 3.8) is 0 Å². The van der Waals surface area contributed by atoms with E-state index >= 15 is 0 Å². The highest BCUT2D eigenvalue weighted by Crippen LogP contribution is 2.22. The summed E-state index contributed by atoms with van der Waals surface area (Å²) in [6.45, 7) is 0.950. The first kappa shape index (κ1) is 11.3. The Bertz CT molecular complexity index is 532. The van der Waals surface area contributed by atoms with Gasteiger partial charge in [-0.1, -0.05) is 6.07 Å². The van der Waals surface area contributed by atoms with Crippen molar-refractivity contribution >= 4 is 11.0 Å². The molecule has 2 aromatic rings. The average molecular weight is 236 g/mol. The topological polar surface area (TPSA) is 108 Å². The summed E-state index contributed by atoms with van der Waals surface area (Å²) < 4.78 is 5.44. The van der Waals surface area contributed by atoms with Crippen molar-refractivity contribution in [2.24, 2.45) is 5.73 Å². The van der Waals surface area contributed by atoms with Crippen LogP contribution in [0.2, 0.25) is 0 Å². The van der Waals surface area contributed by atoms with Crippen molar-refractivity contribution in [1.29, 1.82) is 0 Å². The third-order valence-electron chi connectivity index (χ3n) is 2.18. The molecule has 90 valence electrons. The number of benzene rings is 1. The minimum Gasteiger partial charge on any atom is -0.594 e. The van der Waals surface area contributed by atoms with Crippen molar-refractivity contribution < 1.29 is 14.7 Å². The lowest BCUT2D eigenvalue weighted by molar-refractivity contribution is -0.643. The van der Waals surface area contributed by atoms with Gasteiger partial charge in [0.05, 0.1) is 11.7 Å². The summed E-state index contributed by atoms with van der Waals surface area (Å²) in [6.07, 6.45) is 0.699. The monoisotopic (exact) mass is 236 g/mol. The first-order valence-corrected chi connectivity index (χ1v) is 5.15. The van der Waals surface area contributed by atoms with E-state index < -0.39 is 6.01 Å². The molecule has 0 saturated heterocycles. The molecule has 0 unspecified atom stereocenters. The molecule has 0 fully saturated rings. The molecule has 17 heavy (non-hydrogen) atoms. The minimum absolute atomic E-state index is 0.244. The van der Waals surface area contributed by atoms with E-state index in [0.717, 1.165) is 0 Å². The van der Waals surface area contributed by atoms with Crippen LogP contribution in [0.25, 0.3) is 11.0 Å². The summed E-state index contributed by atoms with van der Waals surface area (Å²) in [7, 11) is 0. The van der Waals surface area contributed by atoms with E-state index in [-0.39, 0.29) is 11.0 Å². The van der Waals surface area contributed by atoms with Crippen molar-refractivity contribution in [1.82, 2.24) is 10.1 Å². The SMILES string of the molecule is NCCCOc1cccc2c1nc(O)n[n+]2[O-]. The first-order chi connectivity index (χ1) is 8.22. The Hall–Kier alpha value is -2.15. The third-order valence-corrected chi connectivity index (χ3v) is 2.18. The van der Waals surface area contributed by atoms with Gasteiger partial charge in [0.1, 0.15) is 0 Å². The lowest BCUT2D eigenvalue weighted by Crippen LogP contribution is -2.32. The Morgan fingerprint density at radius 2 is 2.29 bits per heavy atom. The number of nitrogens with two attached hydrogens (primary N) is 1. The van der Waals surface area contributed by atoms with Crippen LogP contribution in [-0.2, 0) is 0 Å². The van der Waals surface area contributed by atoms with E-state index in [4.69, 9.17) is 10.5 Å². The Morgan fingerprint density at radius 3 is 3.06 bits per heavy atom. The van der Waals surface area contributed by atoms with Gasteiger partial charge in [-0.2, -0.15) is 4.98 Å². The number of hydrogen-bond donors (Lipinski definition) is 2. The van der Waals surface area contributed by atoms with E-state index in [1.165, 1.54) is 0 Å². The lowest BCUT2D eigenvalue weighted by atomic mass is 10.3. The zero-order chi connectivity index (χ0) is 12.3. The molecule has 0 spiro atoms. The maximum Gasteiger partial charge on any atom is 0.378 e. The molecule has 0 bridgehead atoms. The fourth-order valence-corrected chi connectivity index (χ4v) is 1.42. The number of aromatic nitrogens is 3. The highest BCUT2D eigenvalue weighted by atomic mass is 16.5. The Kier molecular flexibility index (Phi) is 3.20. The van der Waals surface area contributed by atoms with Crippen LogP contribution in [0.5, 0.6) is 11.8 Å². The number of fused-ring (bicyclic) bond motifs is 1. The first-order valence-electron chi connectivity index (χ1n) is 5.15. The van der Waals surface area contributed by atoms with Gasteiger partial charge in [-0.3, -0.25) is 0 Å². The molecule has 7 nitrogen and oxygen atoms in total. The second-order valence-corrected chi connectivity index (χ2v) is 3.40. The molecular formula is C10H12N4O3. The number of hydrogen-bond acceptors (Lipinski definition) is 6. The maximum absolute atomic E-state index is 11.4. The second-order valence-electron chi connectivity index (χ2n) is 3.40. The van der Waals surface area contributed by atoms with Crippen LogP contribution in [0.15, 0.2) is 18.2 Å². The molecule has 0 atom stereocenters. The number of ether oxygens (including phenoxy) is 1. The minimum atomic E-state index is -0.581. The number of nitrogens with zero attached hydrogens (tertiary/aromatic N) is 3. The van der Waals surface area contributed by atoms with E-state index in [1.54, 1.807) is 18.2 Å². The summed E-state index contributed by atoms with van der Waals surface area (Å²) in [5.74, 6) is 0.429. The summed E-state index contributed by atoms with van der Waals surface area (Å²) in [5, 5.41) is 23.9. The largest absolute Gasteiger partial charge is 0.594 e. The van der Waals surface area contributed by atoms with E-state index in [1.807, 2.05) is 0 Å². The molecule has 1 aromatic carbocycles. The third kappa shape index (κ3) is 2.34. The molecule has 0 amide bonds. The Balaban J connectivity index is 2.42. The molecule has 7 heteroatoms. The van der Waals surface area contributed by atoms with Crippen LogP contribution in [0, 0.1) is 5.21 Å². The smallest absolute Gasteiger partial charge is 0.378 e. The average Bonchev–Trinajstić information content (AvgIpc) is 2.30. The zero-order valence-electron chi connectivity index (χ0n) is 9.04. The normalized spacial score (nSPS) is 10.6. The van der Waals surface area contributed by atoms with Gasteiger partial charge in [-0.15, -0.1) is 0 Å². The van der Waals surface area contributed by atoms with Crippen LogP contribution >= 0.6 is 0 Å². The van der Waals surface area contributed by atoms with Crippen LogP contribution < -0.4 is 15.3 Å². The van der Waals surface area contributed by atoms with Crippen molar-refractivity contribution in [2.45, 2.75) is 6.42 Å². The Morgan fingerprint density at radius 1 is 1.47 bits per heavy atom. The Labute approximate surface area is 97.0 Å². The standard InChI is InChI=1S/C10H12N4O3/c11-5-2-6-17-8-4-1-3-7-9(8)12-10(15)13-14(7)16/h1,3-4H,2,5-6,11H2,(H,12,13,15). The summed E-state index contributed by atoms with van der Waals surface area (Å²) in [5.41, 5.74) is 5.88. The van der Waals surface area contributed by atoms with Crippen molar-refractivity contribution in [3.8, 4) is 11.8 Å². The van der Waals surface area contributed by atoms with Crippen LogP contribution in [0.4, 0.5) is 0 Å². The van der Waals surface area contributed by atoms with Gasteiger partial charge >= 0.3 is 6.01 Å². The highest BCUT2D eigenvalue weighted by molar-refractivity contribution is 5.78. The van der Waals surface area contributed by atoms with E-state index in [2.05, 4.69) is 10.1 Å². The molecule has 2 rings (SSSR count). The van der Waals surface area contributed by atoms with Gasteiger partial charge in [0.25, 0.3) is 5.52 Å². The molecule has 0 saturated carbocycles. The van der Waals surface area contributed by atoms with Gasteiger partial charge in [0.2, 0.25) is 0 Å². The molecule has 3 N–H and O–H groups in total. The molecular weight excluding hydrogens is 224 g/mol. The predicted molar refractivity (Wildman–Crippen MR) is 59.3 cm³/mol. The molecule has 1 heterocycles. The summed E-state index contributed by atoms with van der Waals surface area (Å²) >= 11 is 0. The van der Waals surface area contributed by atoms with Crippen molar-refractivity contribution in [3.05, 3.63) is 23.4 Å². The summed E-state index contributed by atoms with van der Waals surface area (Å²) in [6, 6.07) is 4.31. The predicted octanol–water partition coefficient (Wildman–Crippen LogP) is -0.304. The second kappa shape index (κ2) is 4.79. The lowest BCUT2D eigenvalue weighted by Gasteiger charge is -2.06. The van der Waals surface area contributed by atoms with Crippen LogP contribution in [0.3, 0.4) is 0 Å². The maximum atomic E-state index is 11.4. The molecule has 0 aliphatic heterocycles. The van der Waals surface area contributed by atoms with Gasteiger partial charge < -0.3 is 20.8 Å². The van der Waals surface area contributed by atoms with Crippen molar-refractivity contribution in [2.75, 3.05) is 13.2 Å². The quantitative estimate of drug-likeness (QED) is 0.428. The van der Waals surface area contributed by atoms with Crippen LogP contribution in [-0.4, -0.2) is 28.3 Å². The highest BCUT2D eigenvalue weighted by Gasteiger charge is 2.14. The van der Waals surface area contributed by atoms with Gasteiger partial charge in [0.15, 0.2) is 11.3 Å². The van der Waals surface area contributed by atoms with E-state index in [9.17, 15) is 10.3 Å². The fourth-order valence-electron chi connectivity index (χ4n) is 1.42. The van der Waals surface area contributed by atoms with E-state index in [0.29, 0.717) is 30.2 Å². The molecule has 0 aliphatic rings. The molecule has 1 aromatic heterocycles. The zero-order valence-corrected chi connectivity index (χ0v) is 9.04. The molecule has 0 aliphatic carbocycles.